The van der Waals surface area contributed by atoms with Crippen LogP contribution in [0.1, 0.15) is 12.5 Å². The highest BCUT2D eigenvalue weighted by Gasteiger charge is 2.26. The number of methoxy groups -OCH3 is 2. The quantitative estimate of drug-likeness (QED) is 0.796. The molecular formula is C17H21NO5S. The van der Waals surface area contributed by atoms with Gasteiger partial charge in [-0.3, -0.25) is 0 Å². The Hall–Kier alpha value is -2.09. The van der Waals surface area contributed by atoms with Gasteiger partial charge in [0.25, 0.3) is 0 Å². The number of benzene rings is 2. The number of hydrogen-bond acceptors (Lipinski definition) is 5. The molecule has 2 aromatic carbocycles. The number of aliphatic hydroxyl groups is 1. The normalized spacial score (nSPS) is 14.0. The van der Waals surface area contributed by atoms with Crippen LogP contribution in [0.25, 0.3) is 0 Å². The molecule has 0 saturated heterocycles. The molecular weight excluding hydrogens is 330 g/mol. The van der Waals surface area contributed by atoms with Crippen LogP contribution in [0.2, 0.25) is 0 Å². The van der Waals surface area contributed by atoms with E-state index in [0.717, 1.165) is 0 Å². The Morgan fingerprint density at radius 1 is 1.04 bits per heavy atom. The van der Waals surface area contributed by atoms with Crippen LogP contribution in [0.3, 0.4) is 0 Å². The van der Waals surface area contributed by atoms with E-state index >= 15 is 0 Å². The lowest BCUT2D eigenvalue weighted by atomic mass is 9.97. The van der Waals surface area contributed by atoms with E-state index in [-0.39, 0.29) is 11.4 Å². The first-order chi connectivity index (χ1) is 11.3. The summed E-state index contributed by atoms with van der Waals surface area (Å²) in [5.74, 6) is 0.753. The lowest BCUT2D eigenvalue weighted by Crippen LogP contribution is -2.38. The van der Waals surface area contributed by atoms with Crippen molar-refractivity contribution in [3.63, 3.8) is 0 Å². The van der Waals surface area contributed by atoms with Crippen molar-refractivity contribution in [1.82, 2.24) is 4.72 Å². The van der Waals surface area contributed by atoms with E-state index in [1.54, 1.807) is 31.2 Å². The highest BCUT2D eigenvalue weighted by atomic mass is 32.2. The highest BCUT2D eigenvalue weighted by Crippen LogP contribution is 2.29. The van der Waals surface area contributed by atoms with Gasteiger partial charge in [0.15, 0.2) is 11.5 Å². The van der Waals surface area contributed by atoms with Gasteiger partial charge in [-0.2, -0.15) is 0 Å². The topological polar surface area (TPSA) is 84.9 Å². The summed E-state index contributed by atoms with van der Waals surface area (Å²) in [6.45, 7) is 1.40. The van der Waals surface area contributed by atoms with Crippen LogP contribution >= 0.6 is 0 Å². The van der Waals surface area contributed by atoms with Crippen LogP contribution < -0.4 is 14.2 Å². The first-order valence-corrected chi connectivity index (χ1v) is 8.78. The predicted octanol–water partition coefficient (Wildman–Crippen LogP) is 1.89. The van der Waals surface area contributed by atoms with Crippen LogP contribution in [-0.4, -0.2) is 34.3 Å². The number of sulfonamides is 1. The Kier molecular flexibility index (Phi) is 5.48. The summed E-state index contributed by atoms with van der Waals surface area (Å²) >= 11 is 0. The van der Waals surface area contributed by atoms with Crippen molar-refractivity contribution in [3.05, 3.63) is 54.1 Å². The monoisotopic (exact) mass is 351 g/mol. The SMILES string of the molecule is COc1ccc(S(=O)(=O)NCC(C)(O)c2ccccc2)cc1OC. The molecule has 24 heavy (non-hydrogen) atoms. The van der Waals surface area contributed by atoms with Gasteiger partial charge in [-0.25, -0.2) is 13.1 Å². The maximum Gasteiger partial charge on any atom is 0.240 e. The van der Waals surface area contributed by atoms with Crippen LogP contribution in [0, 0.1) is 0 Å². The highest BCUT2D eigenvalue weighted by molar-refractivity contribution is 7.89. The second kappa shape index (κ2) is 7.21. The van der Waals surface area contributed by atoms with Gasteiger partial charge in [0, 0.05) is 12.6 Å². The molecule has 130 valence electrons. The first-order valence-electron chi connectivity index (χ1n) is 7.30. The number of rotatable bonds is 7. The molecule has 2 aromatic rings. The van der Waals surface area contributed by atoms with Crippen LogP contribution in [-0.2, 0) is 15.6 Å². The molecule has 2 rings (SSSR count). The number of hydrogen-bond donors (Lipinski definition) is 2. The molecule has 0 spiro atoms. The smallest absolute Gasteiger partial charge is 0.240 e. The molecule has 0 radical (unpaired) electrons. The zero-order chi connectivity index (χ0) is 17.8. The van der Waals surface area contributed by atoms with E-state index in [2.05, 4.69) is 4.72 Å². The first kappa shape index (κ1) is 18.3. The summed E-state index contributed by atoms with van der Waals surface area (Å²) in [6.07, 6.45) is 0. The zero-order valence-electron chi connectivity index (χ0n) is 13.8. The molecule has 7 heteroatoms. The average Bonchev–Trinajstić information content (AvgIpc) is 2.60. The van der Waals surface area contributed by atoms with E-state index in [1.807, 2.05) is 6.07 Å². The second-order valence-corrected chi connectivity index (χ2v) is 7.25. The van der Waals surface area contributed by atoms with Crippen molar-refractivity contribution >= 4 is 10.0 Å². The molecule has 2 N–H and O–H groups in total. The Labute approximate surface area is 142 Å². The third-order valence-electron chi connectivity index (χ3n) is 3.67. The molecule has 0 heterocycles. The van der Waals surface area contributed by atoms with E-state index in [1.165, 1.54) is 32.4 Å². The molecule has 1 atom stereocenters. The molecule has 0 amide bonds. The van der Waals surface area contributed by atoms with Crippen molar-refractivity contribution < 1.29 is 23.0 Å². The maximum atomic E-state index is 12.5. The van der Waals surface area contributed by atoms with E-state index in [4.69, 9.17) is 9.47 Å². The largest absolute Gasteiger partial charge is 0.493 e. The minimum absolute atomic E-state index is 0.0315. The van der Waals surface area contributed by atoms with E-state index < -0.39 is 15.6 Å². The Bertz CT molecular complexity index is 788. The fraction of sp³-hybridized carbons (Fsp3) is 0.294. The van der Waals surface area contributed by atoms with Gasteiger partial charge < -0.3 is 14.6 Å². The van der Waals surface area contributed by atoms with Crippen LogP contribution in [0.15, 0.2) is 53.4 Å². The summed E-state index contributed by atoms with van der Waals surface area (Å²) < 4.78 is 37.6. The molecule has 0 aliphatic rings. The molecule has 0 bridgehead atoms. The summed E-state index contributed by atoms with van der Waals surface area (Å²) in [5, 5.41) is 10.5. The summed E-state index contributed by atoms with van der Waals surface area (Å²) in [6, 6.07) is 13.2. The maximum absolute atomic E-state index is 12.5. The third kappa shape index (κ3) is 4.05. The van der Waals surface area contributed by atoms with Crippen LogP contribution in [0.4, 0.5) is 0 Å². The third-order valence-corrected chi connectivity index (χ3v) is 5.07. The van der Waals surface area contributed by atoms with E-state index in [0.29, 0.717) is 17.1 Å². The predicted molar refractivity (Wildman–Crippen MR) is 90.7 cm³/mol. The minimum Gasteiger partial charge on any atom is -0.493 e. The second-order valence-electron chi connectivity index (χ2n) is 5.48. The van der Waals surface area contributed by atoms with Gasteiger partial charge in [-0.05, 0) is 24.6 Å². The van der Waals surface area contributed by atoms with Crippen LogP contribution in [0.5, 0.6) is 11.5 Å². The minimum atomic E-state index is -3.80. The summed E-state index contributed by atoms with van der Waals surface area (Å²) in [7, 11) is -0.899. The van der Waals surface area contributed by atoms with Gasteiger partial charge in [-0.15, -0.1) is 0 Å². The molecule has 0 aromatic heterocycles. The molecule has 0 saturated carbocycles. The lowest BCUT2D eigenvalue weighted by molar-refractivity contribution is 0.0627. The molecule has 6 nitrogen and oxygen atoms in total. The molecule has 0 aliphatic heterocycles. The van der Waals surface area contributed by atoms with Gasteiger partial charge in [0.1, 0.15) is 5.60 Å². The fourth-order valence-corrected chi connectivity index (χ4v) is 3.35. The summed E-state index contributed by atoms with van der Waals surface area (Å²) in [5.41, 5.74) is -0.703. The average molecular weight is 351 g/mol. The number of ether oxygens (including phenoxy) is 2. The fourth-order valence-electron chi connectivity index (χ4n) is 2.20. The Balaban J connectivity index is 2.20. The van der Waals surface area contributed by atoms with Crippen molar-refractivity contribution in [1.29, 1.82) is 0 Å². The van der Waals surface area contributed by atoms with Crippen molar-refractivity contribution in [2.24, 2.45) is 0 Å². The van der Waals surface area contributed by atoms with Gasteiger partial charge in [-0.1, -0.05) is 30.3 Å². The van der Waals surface area contributed by atoms with Crippen molar-refractivity contribution in [2.45, 2.75) is 17.4 Å². The number of nitrogens with one attached hydrogen (secondary N) is 1. The standard InChI is InChI=1S/C17H21NO5S/c1-17(19,13-7-5-4-6-8-13)12-18-24(20,21)14-9-10-15(22-2)16(11-14)23-3/h4-11,18-19H,12H2,1-3H3. The van der Waals surface area contributed by atoms with Gasteiger partial charge in [0.2, 0.25) is 10.0 Å². The van der Waals surface area contributed by atoms with Gasteiger partial charge >= 0.3 is 0 Å². The molecule has 0 aliphatic carbocycles. The lowest BCUT2D eigenvalue weighted by Gasteiger charge is -2.24. The molecule has 1 unspecified atom stereocenters. The van der Waals surface area contributed by atoms with Gasteiger partial charge in [0.05, 0.1) is 19.1 Å². The van der Waals surface area contributed by atoms with Crippen molar-refractivity contribution in [3.8, 4) is 11.5 Å². The summed E-state index contributed by atoms with van der Waals surface area (Å²) in [4.78, 5) is 0.0315. The van der Waals surface area contributed by atoms with Crippen molar-refractivity contribution in [2.75, 3.05) is 20.8 Å². The molecule has 0 fully saturated rings. The Morgan fingerprint density at radius 2 is 1.67 bits per heavy atom. The van der Waals surface area contributed by atoms with E-state index in [9.17, 15) is 13.5 Å². The Morgan fingerprint density at radius 3 is 2.25 bits per heavy atom. The zero-order valence-corrected chi connectivity index (χ0v) is 14.6.